The number of carbonyl (C=O) groups excluding carboxylic acids is 1. The predicted octanol–water partition coefficient (Wildman–Crippen LogP) is 7.13. The fourth-order valence-corrected chi connectivity index (χ4v) is 5.39. The molecular formula is C25H23Cl2NO. The molecule has 0 N–H and O–H groups in total. The number of nitrogens with zero attached hydrogens (tertiary/aromatic N) is 1. The molecule has 0 saturated carbocycles. The number of carbonyl (C=O) groups is 1. The van der Waals surface area contributed by atoms with Gasteiger partial charge in [-0.1, -0.05) is 72.6 Å². The van der Waals surface area contributed by atoms with Crippen LogP contribution < -0.4 is 4.90 Å². The Bertz CT molecular complexity index is 1080. The molecule has 3 aromatic carbocycles. The van der Waals surface area contributed by atoms with Gasteiger partial charge in [0, 0.05) is 32.3 Å². The first-order chi connectivity index (χ1) is 13.7. The number of halogens is 2. The second-order valence-electron chi connectivity index (χ2n) is 8.47. The van der Waals surface area contributed by atoms with Crippen LogP contribution in [0.15, 0.2) is 72.8 Å². The maximum atomic E-state index is 13.5. The smallest absolute Gasteiger partial charge is 0.258 e. The van der Waals surface area contributed by atoms with Gasteiger partial charge in [0.25, 0.3) is 5.91 Å². The van der Waals surface area contributed by atoms with Crippen LogP contribution in [-0.2, 0) is 5.41 Å². The van der Waals surface area contributed by atoms with Crippen LogP contribution in [0.25, 0.3) is 0 Å². The van der Waals surface area contributed by atoms with E-state index in [2.05, 4.69) is 26.8 Å². The number of para-hydroxylation sites is 1. The minimum atomic E-state index is -0.418. The molecule has 4 rings (SSSR count). The van der Waals surface area contributed by atoms with Crippen molar-refractivity contribution in [2.24, 2.45) is 0 Å². The fraction of sp³-hybridized carbons (Fsp3) is 0.240. The molecule has 29 heavy (non-hydrogen) atoms. The lowest BCUT2D eigenvalue weighted by atomic mass is 9.65. The van der Waals surface area contributed by atoms with Gasteiger partial charge in [0.1, 0.15) is 0 Å². The number of hydrogen-bond acceptors (Lipinski definition) is 1. The Kier molecular flexibility index (Phi) is 4.96. The highest BCUT2D eigenvalue weighted by molar-refractivity contribution is 6.35. The van der Waals surface area contributed by atoms with E-state index in [4.69, 9.17) is 23.2 Å². The zero-order chi connectivity index (χ0) is 20.8. The van der Waals surface area contributed by atoms with Crippen molar-refractivity contribution in [3.63, 3.8) is 0 Å². The average molecular weight is 424 g/mol. The van der Waals surface area contributed by atoms with Gasteiger partial charge in [0.2, 0.25) is 0 Å². The number of anilines is 1. The van der Waals surface area contributed by atoms with Crippen molar-refractivity contribution in [2.45, 2.75) is 38.1 Å². The van der Waals surface area contributed by atoms with E-state index < -0.39 is 5.54 Å². The molecule has 0 fully saturated rings. The summed E-state index contributed by atoms with van der Waals surface area (Å²) in [5, 5.41) is 1.26. The second kappa shape index (κ2) is 7.19. The minimum absolute atomic E-state index is 0.00676. The first-order valence-corrected chi connectivity index (χ1v) is 10.4. The van der Waals surface area contributed by atoms with E-state index >= 15 is 0 Å². The van der Waals surface area contributed by atoms with Crippen molar-refractivity contribution in [1.29, 1.82) is 0 Å². The summed E-state index contributed by atoms with van der Waals surface area (Å²) in [7, 11) is 0. The van der Waals surface area contributed by atoms with Crippen LogP contribution in [-0.4, -0.2) is 11.4 Å². The number of amides is 1. The molecule has 1 aliphatic heterocycles. The van der Waals surface area contributed by atoms with Crippen LogP contribution in [0, 0.1) is 0 Å². The van der Waals surface area contributed by atoms with Crippen LogP contribution in [0.4, 0.5) is 5.69 Å². The summed E-state index contributed by atoms with van der Waals surface area (Å²) in [4.78, 5) is 15.5. The quantitative estimate of drug-likeness (QED) is 0.429. The van der Waals surface area contributed by atoms with E-state index in [1.807, 2.05) is 65.6 Å². The highest BCUT2D eigenvalue weighted by Crippen LogP contribution is 2.52. The van der Waals surface area contributed by atoms with Crippen molar-refractivity contribution < 1.29 is 4.79 Å². The number of rotatable bonds is 2. The Morgan fingerprint density at radius 1 is 0.862 bits per heavy atom. The molecule has 148 valence electrons. The lowest BCUT2D eigenvalue weighted by Gasteiger charge is -2.51. The van der Waals surface area contributed by atoms with Gasteiger partial charge in [-0.25, -0.2) is 0 Å². The van der Waals surface area contributed by atoms with E-state index in [0.29, 0.717) is 15.6 Å². The molecule has 0 radical (unpaired) electrons. The molecule has 1 amide bonds. The first kappa shape index (κ1) is 20.0. The normalized spacial score (nSPS) is 20.2. The van der Waals surface area contributed by atoms with Crippen molar-refractivity contribution in [2.75, 3.05) is 4.90 Å². The van der Waals surface area contributed by atoms with Gasteiger partial charge in [-0.2, -0.15) is 0 Å². The van der Waals surface area contributed by atoms with Gasteiger partial charge in [-0.15, -0.1) is 0 Å². The summed E-state index contributed by atoms with van der Waals surface area (Å²) in [5.41, 5.74) is 2.95. The number of fused-ring (bicyclic) bond motifs is 1. The van der Waals surface area contributed by atoms with Crippen molar-refractivity contribution in [3.8, 4) is 0 Å². The van der Waals surface area contributed by atoms with Crippen LogP contribution in [0.2, 0.25) is 10.0 Å². The lowest BCUT2D eigenvalue weighted by Crippen LogP contribution is -2.55. The number of hydrogen-bond donors (Lipinski definition) is 0. The fourth-order valence-electron chi connectivity index (χ4n) is 4.77. The Morgan fingerprint density at radius 3 is 2.21 bits per heavy atom. The van der Waals surface area contributed by atoms with E-state index in [-0.39, 0.29) is 11.3 Å². The van der Waals surface area contributed by atoms with Gasteiger partial charge in [-0.3, -0.25) is 4.79 Å². The zero-order valence-electron chi connectivity index (χ0n) is 16.7. The Hall–Kier alpha value is -2.29. The van der Waals surface area contributed by atoms with E-state index in [0.717, 1.165) is 23.2 Å². The molecule has 1 aliphatic rings. The minimum Gasteiger partial charge on any atom is -0.302 e. The zero-order valence-corrected chi connectivity index (χ0v) is 18.3. The maximum Gasteiger partial charge on any atom is 0.258 e. The van der Waals surface area contributed by atoms with Gasteiger partial charge in [-0.05, 0) is 61.7 Å². The lowest BCUT2D eigenvalue weighted by molar-refractivity contribution is 0.0949. The van der Waals surface area contributed by atoms with Crippen LogP contribution >= 0.6 is 23.2 Å². The molecule has 0 bridgehead atoms. The standard InChI is InChI=1S/C25H23Cl2NO/c1-24(2)16-25(3,19-14-13-18(26)15-21(19)27)20-11-7-8-12-22(20)28(24)23(29)17-9-5-4-6-10-17/h4-15H,16H2,1-3H3. The van der Waals surface area contributed by atoms with Gasteiger partial charge in [0.05, 0.1) is 0 Å². The van der Waals surface area contributed by atoms with E-state index in [1.165, 1.54) is 0 Å². The Morgan fingerprint density at radius 2 is 1.52 bits per heavy atom. The third kappa shape index (κ3) is 3.35. The summed E-state index contributed by atoms with van der Waals surface area (Å²) in [5.74, 6) is 0.00676. The summed E-state index contributed by atoms with van der Waals surface area (Å²) >= 11 is 12.8. The second-order valence-corrected chi connectivity index (χ2v) is 9.31. The van der Waals surface area contributed by atoms with Crippen LogP contribution in [0.1, 0.15) is 48.7 Å². The van der Waals surface area contributed by atoms with Crippen molar-refractivity contribution in [3.05, 3.63) is 99.5 Å². The van der Waals surface area contributed by atoms with Crippen molar-refractivity contribution >= 4 is 34.8 Å². The monoisotopic (exact) mass is 423 g/mol. The SMILES string of the molecule is CC1(c2ccc(Cl)cc2Cl)CC(C)(C)N(C(=O)c2ccccc2)c2ccccc21. The van der Waals surface area contributed by atoms with Gasteiger partial charge < -0.3 is 4.90 Å². The third-order valence-electron chi connectivity index (χ3n) is 5.88. The molecule has 0 saturated heterocycles. The molecule has 1 unspecified atom stereocenters. The topological polar surface area (TPSA) is 20.3 Å². The summed E-state index contributed by atoms with van der Waals surface area (Å²) in [6.45, 7) is 6.44. The highest BCUT2D eigenvalue weighted by Gasteiger charge is 2.48. The maximum absolute atomic E-state index is 13.5. The van der Waals surface area contributed by atoms with Gasteiger partial charge in [0.15, 0.2) is 0 Å². The Balaban J connectivity index is 1.92. The third-order valence-corrected chi connectivity index (χ3v) is 6.43. The molecule has 0 spiro atoms. The molecule has 3 aromatic rings. The summed E-state index contributed by atoms with van der Waals surface area (Å²) < 4.78 is 0. The molecule has 0 aromatic heterocycles. The molecular weight excluding hydrogens is 401 g/mol. The van der Waals surface area contributed by atoms with Crippen molar-refractivity contribution in [1.82, 2.24) is 0 Å². The van der Waals surface area contributed by atoms with Crippen LogP contribution in [0.5, 0.6) is 0 Å². The van der Waals surface area contributed by atoms with E-state index in [1.54, 1.807) is 6.07 Å². The highest BCUT2D eigenvalue weighted by atomic mass is 35.5. The van der Waals surface area contributed by atoms with E-state index in [9.17, 15) is 4.79 Å². The summed E-state index contributed by atoms with van der Waals surface area (Å²) in [6, 6.07) is 23.3. The molecule has 0 aliphatic carbocycles. The van der Waals surface area contributed by atoms with Gasteiger partial charge >= 0.3 is 0 Å². The first-order valence-electron chi connectivity index (χ1n) is 9.69. The molecule has 2 nitrogen and oxygen atoms in total. The molecule has 1 atom stereocenters. The summed E-state index contributed by atoms with van der Waals surface area (Å²) in [6.07, 6.45) is 0.733. The average Bonchev–Trinajstić information content (AvgIpc) is 2.67. The van der Waals surface area contributed by atoms with Crippen LogP contribution in [0.3, 0.4) is 0 Å². The largest absolute Gasteiger partial charge is 0.302 e. The predicted molar refractivity (Wildman–Crippen MR) is 121 cm³/mol. The molecule has 4 heteroatoms. The number of benzene rings is 3. The molecule has 1 heterocycles. The Labute approximate surface area is 182 Å².